The highest BCUT2D eigenvalue weighted by Crippen LogP contribution is 2.69. The molecule has 2 atom stereocenters. The number of nitrogens with zero attached hydrogens (tertiary/aromatic N) is 3. The smallest absolute Gasteiger partial charge is 0.137 e. The normalized spacial score (nSPS) is 24.2. The zero-order valence-electron chi connectivity index (χ0n) is 27.6. The van der Waals surface area contributed by atoms with Crippen LogP contribution in [-0.4, -0.2) is 10.5 Å². The molecule has 1 aromatic heterocycles. The second-order valence-corrected chi connectivity index (χ2v) is 15.4. The van der Waals surface area contributed by atoms with Gasteiger partial charge in [-0.25, -0.2) is 4.98 Å². The Balaban J connectivity index is 1.48. The van der Waals surface area contributed by atoms with Crippen molar-refractivity contribution in [2.75, 3.05) is 9.80 Å². The number of pyridine rings is 1. The average molecular weight is 578 g/mol. The van der Waals surface area contributed by atoms with E-state index in [1.807, 2.05) is 12.3 Å². The summed E-state index contributed by atoms with van der Waals surface area (Å²) in [6, 6.07) is 27.2. The fourth-order valence-corrected chi connectivity index (χ4v) is 9.58. The van der Waals surface area contributed by atoms with Gasteiger partial charge >= 0.3 is 0 Å². The molecule has 2 unspecified atom stereocenters. The molecule has 222 valence electrons. The Morgan fingerprint density at radius 2 is 1.27 bits per heavy atom. The van der Waals surface area contributed by atoms with Crippen molar-refractivity contribution in [3.8, 4) is 0 Å². The molecule has 1 aliphatic carbocycles. The molecular weight excluding hydrogens is 534 g/mol. The van der Waals surface area contributed by atoms with Crippen LogP contribution in [0.5, 0.6) is 0 Å². The van der Waals surface area contributed by atoms with Crippen LogP contribution in [0.4, 0.5) is 22.9 Å². The summed E-state index contributed by atoms with van der Waals surface area (Å²) in [7, 11) is 0. The molecule has 3 nitrogen and oxygen atoms in total. The van der Waals surface area contributed by atoms with Crippen LogP contribution in [0.2, 0.25) is 0 Å². The number of aryl methyl sites for hydroxylation is 2. The lowest BCUT2D eigenvalue weighted by Crippen LogP contribution is -2.67. The molecule has 8 rings (SSSR count). The molecule has 4 heterocycles. The maximum absolute atomic E-state index is 4.92. The van der Waals surface area contributed by atoms with Crippen LogP contribution in [0.15, 0.2) is 102 Å². The van der Waals surface area contributed by atoms with E-state index < -0.39 is 0 Å². The predicted octanol–water partition coefficient (Wildman–Crippen LogP) is 10.1. The lowest BCUT2D eigenvalue weighted by molar-refractivity contribution is 0.219. The summed E-state index contributed by atoms with van der Waals surface area (Å²) in [5.41, 5.74) is 14.3. The molecule has 3 aromatic carbocycles. The van der Waals surface area contributed by atoms with Gasteiger partial charge in [-0.1, -0.05) is 96.1 Å². The van der Waals surface area contributed by atoms with Gasteiger partial charge in [-0.3, -0.25) is 4.90 Å². The van der Waals surface area contributed by atoms with E-state index in [0.717, 1.165) is 11.5 Å². The van der Waals surface area contributed by atoms with Crippen LogP contribution >= 0.6 is 0 Å². The molecule has 0 fully saturated rings. The molecule has 3 aliphatic heterocycles. The summed E-state index contributed by atoms with van der Waals surface area (Å²) in [4.78, 5) is 10.1. The van der Waals surface area contributed by atoms with E-state index in [4.69, 9.17) is 4.98 Å². The highest BCUT2D eigenvalue weighted by atomic mass is 15.3. The number of para-hydroxylation sites is 2. The Kier molecular flexibility index (Phi) is 5.32. The zero-order valence-corrected chi connectivity index (χ0v) is 27.6. The minimum absolute atomic E-state index is 0.0851. The van der Waals surface area contributed by atoms with Gasteiger partial charge in [0.25, 0.3) is 0 Å². The van der Waals surface area contributed by atoms with E-state index in [9.17, 15) is 0 Å². The molecule has 44 heavy (non-hydrogen) atoms. The van der Waals surface area contributed by atoms with E-state index in [-0.39, 0.29) is 27.7 Å². The van der Waals surface area contributed by atoms with Crippen molar-refractivity contribution in [1.82, 2.24) is 4.98 Å². The number of hydrogen-bond donors (Lipinski definition) is 0. The molecule has 4 aromatic rings. The Bertz CT molecular complexity index is 1920. The number of hydrogen-bond acceptors (Lipinski definition) is 3. The highest BCUT2D eigenvalue weighted by Gasteiger charge is 2.64. The number of rotatable bonds is 3. The molecular formula is C41H43N3. The van der Waals surface area contributed by atoms with Crippen molar-refractivity contribution in [1.29, 1.82) is 0 Å². The van der Waals surface area contributed by atoms with Crippen LogP contribution in [0.1, 0.15) is 81.8 Å². The third-order valence-corrected chi connectivity index (χ3v) is 11.5. The summed E-state index contributed by atoms with van der Waals surface area (Å²) in [5.74, 6) is 1.16. The number of aromatic nitrogens is 1. The number of allylic oxidation sites excluding steroid dienone is 1. The van der Waals surface area contributed by atoms with Crippen molar-refractivity contribution in [2.24, 2.45) is 5.92 Å². The van der Waals surface area contributed by atoms with Crippen LogP contribution in [0.25, 0.3) is 0 Å². The molecule has 4 aliphatic rings. The lowest BCUT2D eigenvalue weighted by atomic mass is 9.49. The van der Waals surface area contributed by atoms with Crippen LogP contribution in [0, 0.1) is 19.8 Å². The van der Waals surface area contributed by atoms with Crippen LogP contribution < -0.4 is 9.80 Å². The first-order chi connectivity index (χ1) is 20.8. The third-order valence-electron chi connectivity index (χ3n) is 11.5. The minimum Gasteiger partial charge on any atom is -0.330 e. The Labute approximate surface area is 263 Å². The van der Waals surface area contributed by atoms with Crippen molar-refractivity contribution in [2.45, 2.75) is 84.1 Å². The van der Waals surface area contributed by atoms with E-state index in [0.29, 0.717) is 0 Å². The number of anilines is 4. The van der Waals surface area contributed by atoms with Crippen molar-refractivity contribution < 1.29 is 0 Å². The van der Waals surface area contributed by atoms with Gasteiger partial charge < -0.3 is 4.90 Å². The second kappa shape index (κ2) is 8.53. The van der Waals surface area contributed by atoms with Crippen molar-refractivity contribution in [3.05, 3.63) is 136 Å². The highest BCUT2D eigenvalue weighted by molar-refractivity contribution is 5.90. The largest absolute Gasteiger partial charge is 0.330 e. The SMILES string of the molecule is Cc1cc(C)cc(N(C2=CC3C(C)(C)c4cccc5c4N4c6c(cccc6C5(C)C)C(C)(C)C(=C2)C34C)c2ccccn2)c1. The fourth-order valence-electron chi connectivity index (χ4n) is 9.58. The quantitative estimate of drug-likeness (QED) is 0.241. The Hall–Kier alpha value is -4.11. The minimum atomic E-state index is -0.239. The Morgan fingerprint density at radius 3 is 1.89 bits per heavy atom. The standard InChI is InChI=1S/C41H43N3/c1-25-20-26(2)22-27(21-25)43(35-18-10-11-19-42-35)28-23-33-39(5,6)31-16-12-14-29-36(31)44-37-30(38(29,3)4)15-13-17-32(37)40(7,8)34(24-28)41(33,44)9/h10-24,33H,1-9H3. The van der Waals surface area contributed by atoms with E-state index in [1.165, 1.54) is 56.0 Å². The van der Waals surface area contributed by atoms with Gasteiger partial charge in [-0.2, -0.15) is 0 Å². The average Bonchev–Trinajstić information content (AvgIpc) is 2.96. The summed E-state index contributed by atoms with van der Waals surface area (Å²) in [5, 5.41) is 0. The number of benzene rings is 3. The van der Waals surface area contributed by atoms with E-state index >= 15 is 0 Å². The predicted molar refractivity (Wildman–Crippen MR) is 184 cm³/mol. The zero-order chi connectivity index (χ0) is 31.0. The maximum Gasteiger partial charge on any atom is 0.137 e. The molecule has 0 saturated heterocycles. The summed E-state index contributed by atoms with van der Waals surface area (Å²) in [6.45, 7) is 21.6. The molecule has 0 N–H and O–H groups in total. The summed E-state index contributed by atoms with van der Waals surface area (Å²) >= 11 is 0. The topological polar surface area (TPSA) is 19.4 Å². The van der Waals surface area contributed by atoms with Crippen LogP contribution in [-0.2, 0) is 16.2 Å². The molecule has 0 saturated carbocycles. The van der Waals surface area contributed by atoms with Gasteiger partial charge in [0.05, 0.1) is 11.2 Å². The van der Waals surface area contributed by atoms with E-state index in [2.05, 4.69) is 151 Å². The Morgan fingerprint density at radius 1 is 0.682 bits per heavy atom. The first-order valence-electron chi connectivity index (χ1n) is 16.1. The molecule has 0 radical (unpaired) electrons. The fraction of sp³-hybridized carbons (Fsp3) is 0.341. The summed E-state index contributed by atoms with van der Waals surface area (Å²) in [6.07, 6.45) is 7.00. The van der Waals surface area contributed by atoms with Gasteiger partial charge in [-0.05, 0) is 90.1 Å². The van der Waals surface area contributed by atoms with E-state index in [1.54, 1.807) is 0 Å². The first-order valence-corrected chi connectivity index (χ1v) is 16.1. The van der Waals surface area contributed by atoms with Crippen LogP contribution in [0.3, 0.4) is 0 Å². The maximum atomic E-state index is 4.92. The van der Waals surface area contributed by atoms with Gasteiger partial charge in [0.15, 0.2) is 0 Å². The third kappa shape index (κ3) is 3.25. The van der Waals surface area contributed by atoms with Gasteiger partial charge in [0, 0.05) is 45.4 Å². The lowest BCUT2D eigenvalue weighted by Gasteiger charge is -2.67. The first kappa shape index (κ1) is 27.4. The van der Waals surface area contributed by atoms with Gasteiger partial charge in [-0.15, -0.1) is 0 Å². The molecule has 3 heteroatoms. The summed E-state index contributed by atoms with van der Waals surface area (Å²) < 4.78 is 0. The molecule has 0 bridgehead atoms. The van der Waals surface area contributed by atoms with Crippen molar-refractivity contribution >= 4 is 22.9 Å². The molecule has 0 amide bonds. The second-order valence-electron chi connectivity index (χ2n) is 15.4. The molecule has 0 spiro atoms. The van der Waals surface area contributed by atoms with Crippen molar-refractivity contribution in [3.63, 3.8) is 0 Å². The van der Waals surface area contributed by atoms with Gasteiger partial charge in [0.1, 0.15) is 5.82 Å². The van der Waals surface area contributed by atoms with Gasteiger partial charge in [0.2, 0.25) is 0 Å². The monoisotopic (exact) mass is 577 g/mol.